The average Bonchev–Trinajstić information content (AvgIpc) is 3.08. The topological polar surface area (TPSA) is 154 Å². The number of fused-ring (bicyclic) bond motifs is 2. The normalized spacial score (nSPS) is 28.0. The standard InChI is InChI=1S/C21H32F2O10S/c1-6-20(27,7-2)14-9-16(15-8-13(14)19(26)33-15)32-18(25)11(4)10(3)17(24)31-12(5)21(22,23)34(28,29)30/h10-16,27H,6-9H2,1-5H3,(H,28,29,30). The summed E-state index contributed by atoms with van der Waals surface area (Å²) in [6, 6.07) is 0. The molecule has 2 N–H and O–H groups in total. The molecule has 0 aromatic rings. The van der Waals surface area contributed by atoms with Crippen molar-refractivity contribution >= 4 is 28.0 Å². The molecule has 7 atom stereocenters. The summed E-state index contributed by atoms with van der Waals surface area (Å²) in [5.41, 5.74) is -1.15. The molecule has 7 unspecified atom stereocenters. The number of alkyl halides is 2. The van der Waals surface area contributed by atoms with Crippen LogP contribution in [0, 0.1) is 23.7 Å². The Morgan fingerprint density at radius 1 is 1.12 bits per heavy atom. The maximum absolute atomic E-state index is 13.7. The van der Waals surface area contributed by atoms with E-state index in [0.29, 0.717) is 19.8 Å². The Morgan fingerprint density at radius 3 is 2.15 bits per heavy atom. The third kappa shape index (κ3) is 5.35. The van der Waals surface area contributed by atoms with Gasteiger partial charge in [-0.3, -0.25) is 18.9 Å². The molecule has 2 bridgehead atoms. The third-order valence-electron chi connectivity index (χ3n) is 7.23. The quantitative estimate of drug-likeness (QED) is 0.252. The highest BCUT2D eigenvalue weighted by Gasteiger charge is 2.56. The molecule has 0 aromatic carbocycles. The van der Waals surface area contributed by atoms with Crippen molar-refractivity contribution in [2.75, 3.05) is 0 Å². The zero-order chi connectivity index (χ0) is 26.2. The zero-order valence-corrected chi connectivity index (χ0v) is 20.5. The van der Waals surface area contributed by atoms with Crippen LogP contribution >= 0.6 is 0 Å². The summed E-state index contributed by atoms with van der Waals surface area (Å²) >= 11 is 0. The van der Waals surface area contributed by atoms with Crippen LogP contribution in [0.25, 0.3) is 0 Å². The molecule has 34 heavy (non-hydrogen) atoms. The maximum Gasteiger partial charge on any atom is 0.405 e. The van der Waals surface area contributed by atoms with Crippen molar-refractivity contribution in [1.29, 1.82) is 0 Å². The molecule has 10 nitrogen and oxygen atoms in total. The molecule has 2 rings (SSSR count). The lowest BCUT2D eigenvalue weighted by Crippen LogP contribution is -2.48. The molecule has 13 heteroatoms. The van der Waals surface area contributed by atoms with E-state index in [-0.39, 0.29) is 12.8 Å². The van der Waals surface area contributed by atoms with Gasteiger partial charge in [0.25, 0.3) is 0 Å². The fourth-order valence-electron chi connectivity index (χ4n) is 4.47. The van der Waals surface area contributed by atoms with E-state index in [2.05, 4.69) is 4.74 Å². The van der Waals surface area contributed by atoms with E-state index in [1.165, 1.54) is 13.8 Å². The monoisotopic (exact) mass is 514 g/mol. The highest BCUT2D eigenvalue weighted by molar-refractivity contribution is 7.86. The third-order valence-corrected chi connectivity index (χ3v) is 8.25. The summed E-state index contributed by atoms with van der Waals surface area (Å²) in [6.07, 6.45) is -2.84. The molecule has 0 radical (unpaired) electrons. The zero-order valence-electron chi connectivity index (χ0n) is 19.7. The van der Waals surface area contributed by atoms with Gasteiger partial charge in [0.2, 0.25) is 0 Å². The molecule has 196 valence electrons. The summed E-state index contributed by atoms with van der Waals surface area (Å²) in [5, 5.41) is 6.25. The second kappa shape index (κ2) is 10.0. The Balaban J connectivity index is 2.08. The van der Waals surface area contributed by atoms with Crippen molar-refractivity contribution in [2.45, 2.75) is 89.5 Å². The minimum atomic E-state index is -5.82. The lowest BCUT2D eigenvalue weighted by molar-refractivity contribution is -0.176. The van der Waals surface area contributed by atoms with Crippen LogP contribution in [0.15, 0.2) is 0 Å². The van der Waals surface area contributed by atoms with Crippen LogP contribution in [-0.2, 0) is 38.7 Å². The summed E-state index contributed by atoms with van der Waals surface area (Å²) in [6.45, 7) is 6.70. The molecular formula is C21H32F2O10S. The van der Waals surface area contributed by atoms with Gasteiger partial charge in [0, 0.05) is 12.3 Å². The van der Waals surface area contributed by atoms with Crippen LogP contribution in [-0.4, -0.2) is 65.2 Å². The number of halogens is 2. The lowest BCUT2D eigenvalue weighted by Gasteiger charge is -2.41. The van der Waals surface area contributed by atoms with Crippen molar-refractivity contribution < 1.29 is 55.5 Å². The van der Waals surface area contributed by atoms with E-state index in [9.17, 15) is 36.7 Å². The predicted molar refractivity (Wildman–Crippen MR) is 112 cm³/mol. The number of rotatable bonds is 10. The Kier molecular flexibility index (Phi) is 8.36. The van der Waals surface area contributed by atoms with Crippen molar-refractivity contribution in [3.8, 4) is 0 Å². The first kappa shape index (κ1) is 28.4. The molecule has 0 spiro atoms. The van der Waals surface area contributed by atoms with Gasteiger partial charge in [-0.15, -0.1) is 0 Å². The summed E-state index contributed by atoms with van der Waals surface area (Å²) < 4.78 is 72.9. The summed E-state index contributed by atoms with van der Waals surface area (Å²) in [4.78, 5) is 37.3. The van der Waals surface area contributed by atoms with Gasteiger partial charge in [-0.05, 0) is 26.2 Å². The van der Waals surface area contributed by atoms with Gasteiger partial charge in [-0.25, -0.2) is 0 Å². The van der Waals surface area contributed by atoms with E-state index in [4.69, 9.17) is 14.0 Å². The fourth-order valence-corrected chi connectivity index (χ4v) is 4.94. The van der Waals surface area contributed by atoms with Gasteiger partial charge in [0.05, 0.1) is 23.4 Å². The molecule has 1 aliphatic heterocycles. The minimum absolute atomic E-state index is 0.175. The fraction of sp³-hybridized carbons (Fsp3) is 0.857. The molecule has 1 saturated carbocycles. The van der Waals surface area contributed by atoms with Crippen LogP contribution in [0.4, 0.5) is 8.78 Å². The second-order valence-electron chi connectivity index (χ2n) is 9.14. The van der Waals surface area contributed by atoms with Gasteiger partial charge in [-0.2, -0.15) is 17.2 Å². The molecule has 1 aliphatic carbocycles. The van der Waals surface area contributed by atoms with Crippen molar-refractivity contribution in [2.24, 2.45) is 23.7 Å². The maximum atomic E-state index is 13.7. The number of ether oxygens (including phenoxy) is 3. The van der Waals surface area contributed by atoms with E-state index >= 15 is 0 Å². The molecule has 2 aliphatic rings. The highest BCUT2D eigenvalue weighted by Crippen LogP contribution is 2.47. The first-order chi connectivity index (χ1) is 15.5. The second-order valence-corrected chi connectivity index (χ2v) is 10.6. The average molecular weight is 515 g/mol. The first-order valence-corrected chi connectivity index (χ1v) is 12.6. The van der Waals surface area contributed by atoms with E-state index in [1.54, 1.807) is 13.8 Å². The molecule has 0 amide bonds. The number of aliphatic hydroxyl groups is 1. The largest absolute Gasteiger partial charge is 0.458 e. The van der Waals surface area contributed by atoms with Crippen molar-refractivity contribution in [3.05, 3.63) is 0 Å². The molecular weight excluding hydrogens is 482 g/mol. The van der Waals surface area contributed by atoms with Crippen molar-refractivity contribution in [1.82, 2.24) is 0 Å². The smallest absolute Gasteiger partial charge is 0.405 e. The van der Waals surface area contributed by atoms with Gasteiger partial charge in [-0.1, -0.05) is 27.7 Å². The Hall–Kier alpha value is -1.86. The molecule has 1 heterocycles. The van der Waals surface area contributed by atoms with E-state index in [0.717, 1.165) is 0 Å². The summed E-state index contributed by atoms with van der Waals surface area (Å²) in [5.74, 6) is -6.11. The van der Waals surface area contributed by atoms with Gasteiger partial charge >= 0.3 is 33.3 Å². The van der Waals surface area contributed by atoms with Crippen molar-refractivity contribution in [3.63, 3.8) is 0 Å². The Bertz CT molecular complexity index is 901. The van der Waals surface area contributed by atoms with Crippen LogP contribution < -0.4 is 0 Å². The van der Waals surface area contributed by atoms with Crippen LogP contribution in [0.1, 0.15) is 60.3 Å². The van der Waals surface area contributed by atoms with Crippen LogP contribution in [0.2, 0.25) is 0 Å². The lowest BCUT2D eigenvalue weighted by atomic mass is 9.67. The number of carbonyl (C=O) groups is 3. The molecule has 2 fully saturated rings. The predicted octanol–water partition coefficient (Wildman–Crippen LogP) is 2.09. The summed E-state index contributed by atoms with van der Waals surface area (Å²) in [7, 11) is -5.82. The van der Waals surface area contributed by atoms with Gasteiger partial charge < -0.3 is 19.3 Å². The van der Waals surface area contributed by atoms with E-state index < -0.39 is 80.9 Å². The first-order valence-electron chi connectivity index (χ1n) is 11.2. The van der Waals surface area contributed by atoms with Crippen LogP contribution in [0.5, 0.6) is 0 Å². The Labute approximate surface area is 197 Å². The SMILES string of the molecule is CCC(O)(CC)C1CC(OC(=O)C(C)C(C)C(=O)OC(C)C(F)(F)S(=O)(=O)O)C2CC1C(=O)O2. The number of carbonyl (C=O) groups excluding carboxylic acids is 3. The minimum Gasteiger partial charge on any atom is -0.458 e. The molecule has 1 saturated heterocycles. The van der Waals surface area contributed by atoms with Gasteiger partial charge in [0.15, 0.2) is 6.10 Å². The Morgan fingerprint density at radius 2 is 1.65 bits per heavy atom. The number of hydrogen-bond donors (Lipinski definition) is 2. The van der Waals surface area contributed by atoms with Crippen LogP contribution in [0.3, 0.4) is 0 Å². The molecule has 0 aromatic heterocycles. The van der Waals surface area contributed by atoms with E-state index in [1.807, 2.05) is 0 Å². The van der Waals surface area contributed by atoms with Gasteiger partial charge in [0.1, 0.15) is 12.2 Å². The number of hydrogen-bond acceptors (Lipinski definition) is 9. The number of esters is 3. The highest BCUT2D eigenvalue weighted by atomic mass is 32.2.